The lowest BCUT2D eigenvalue weighted by atomic mass is 9.94. The number of aliphatic hydroxyl groups is 1. The molecule has 0 bridgehead atoms. The highest BCUT2D eigenvalue weighted by atomic mass is 35.5. The van der Waals surface area contributed by atoms with E-state index in [1.54, 1.807) is 6.20 Å². The summed E-state index contributed by atoms with van der Waals surface area (Å²) >= 11 is 6.21. The Morgan fingerprint density at radius 2 is 1.96 bits per heavy atom. The molecule has 0 atom stereocenters. The fourth-order valence-electron chi connectivity index (χ4n) is 3.24. The van der Waals surface area contributed by atoms with E-state index in [2.05, 4.69) is 15.0 Å². The largest absolute Gasteiger partial charge is 0.385 e. The average molecular weight is 330 g/mol. The fourth-order valence-corrected chi connectivity index (χ4v) is 3.43. The number of halogens is 1. The quantitative estimate of drug-likeness (QED) is 0.754. The summed E-state index contributed by atoms with van der Waals surface area (Å²) in [7, 11) is 0. The van der Waals surface area contributed by atoms with E-state index in [1.165, 1.54) is 6.20 Å². The zero-order chi connectivity index (χ0) is 16.0. The minimum atomic E-state index is -0.760. The lowest BCUT2D eigenvalue weighted by Crippen LogP contribution is -2.21. The number of hydrogen-bond donors (Lipinski definition) is 2. The lowest BCUT2D eigenvalue weighted by Gasteiger charge is -2.22. The Hall–Kier alpha value is -2.18. The number of nitrogens with zero attached hydrogens (tertiary/aromatic N) is 4. The third-order valence-corrected chi connectivity index (χ3v) is 4.76. The van der Waals surface area contributed by atoms with Gasteiger partial charge < -0.3 is 10.8 Å². The molecule has 0 amide bonds. The van der Waals surface area contributed by atoms with Gasteiger partial charge in [0.2, 0.25) is 5.95 Å². The standard InChI is InChI=1S/C16H16ClN5O/c17-11-7-20-15(18)21-14(11)12-8-19-13-4-3-10(9-22(12)13)16(23)5-1-2-6-16/h3-4,7-9,23H,1-2,5-6H2,(H2,18,20,21). The van der Waals surface area contributed by atoms with Crippen molar-refractivity contribution in [2.45, 2.75) is 31.3 Å². The molecule has 23 heavy (non-hydrogen) atoms. The van der Waals surface area contributed by atoms with Gasteiger partial charge in [-0.25, -0.2) is 15.0 Å². The molecule has 0 unspecified atom stereocenters. The van der Waals surface area contributed by atoms with Gasteiger partial charge in [0.15, 0.2) is 0 Å². The average Bonchev–Trinajstić information content (AvgIpc) is 3.16. The molecule has 4 rings (SSSR count). The van der Waals surface area contributed by atoms with Crippen LogP contribution in [0.2, 0.25) is 5.02 Å². The van der Waals surface area contributed by atoms with E-state index in [0.717, 1.165) is 42.6 Å². The highest BCUT2D eigenvalue weighted by Crippen LogP contribution is 2.39. The van der Waals surface area contributed by atoms with Crippen molar-refractivity contribution in [3.8, 4) is 11.4 Å². The number of rotatable bonds is 2. The summed E-state index contributed by atoms with van der Waals surface area (Å²) < 4.78 is 1.89. The maximum Gasteiger partial charge on any atom is 0.220 e. The summed E-state index contributed by atoms with van der Waals surface area (Å²) in [6, 6.07) is 3.83. The van der Waals surface area contributed by atoms with Crippen LogP contribution in [0.25, 0.3) is 17.0 Å². The summed E-state index contributed by atoms with van der Waals surface area (Å²) in [5.74, 6) is 0.157. The molecule has 1 fully saturated rings. The zero-order valence-corrected chi connectivity index (χ0v) is 13.2. The Balaban J connectivity index is 1.90. The number of imidazole rings is 1. The first-order valence-electron chi connectivity index (χ1n) is 7.55. The van der Waals surface area contributed by atoms with Gasteiger partial charge in [0, 0.05) is 11.8 Å². The molecule has 0 aromatic carbocycles. The van der Waals surface area contributed by atoms with Crippen molar-refractivity contribution in [3.63, 3.8) is 0 Å². The Bertz CT molecular complexity index is 885. The number of nitrogens with two attached hydrogens (primary N) is 1. The molecule has 3 aromatic heterocycles. The molecule has 118 valence electrons. The molecule has 0 radical (unpaired) electrons. The van der Waals surface area contributed by atoms with Crippen molar-refractivity contribution in [1.82, 2.24) is 19.4 Å². The van der Waals surface area contributed by atoms with Gasteiger partial charge in [-0.2, -0.15) is 0 Å². The van der Waals surface area contributed by atoms with Crippen LogP contribution in [-0.4, -0.2) is 24.5 Å². The highest BCUT2D eigenvalue weighted by Gasteiger charge is 2.33. The third kappa shape index (κ3) is 2.34. The first-order chi connectivity index (χ1) is 11.1. The van der Waals surface area contributed by atoms with Gasteiger partial charge in [0.1, 0.15) is 11.3 Å². The molecule has 0 saturated heterocycles. The van der Waals surface area contributed by atoms with Crippen LogP contribution in [0.5, 0.6) is 0 Å². The topological polar surface area (TPSA) is 89.3 Å². The minimum Gasteiger partial charge on any atom is -0.385 e. The predicted molar refractivity (Wildman–Crippen MR) is 88.0 cm³/mol. The maximum atomic E-state index is 10.8. The molecule has 3 aromatic rings. The van der Waals surface area contributed by atoms with Crippen molar-refractivity contribution in [2.75, 3.05) is 5.73 Å². The molecular weight excluding hydrogens is 314 g/mol. The SMILES string of the molecule is Nc1ncc(Cl)c(-c2cnc3ccc(C4(O)CCCC4)cn23)n1. The van der Waals surface area contributed by atoms with Crippen molar-refractivity contribution in [2.24, 2.45) is 0 Å². The molecule has 1 saturated carbocycles. The van der Waals surface area contributed by atoms with Crippen molar-refractivity contribution in [3.05, 3.63) is 41.3 Å². The van der Waals surface area contributed by atoms with Crippen LogP contribution >= 0.6 is 11.6 Å². The first kappa shape index (κ1) is 14.4. The smallest absolute Gasteiger partial charge is 0.220 e. The Morgan fingerprint density at radius 3 is 2.74 bits per heavy atom. The second kappa shape index (κ2) is 5.18. The van der Waals surface area contributed by atoms with Crippen LogP contribution in [0.3, 0.4) is 0 Å². The first-order valence-corrected chi connectivity index (χ1v) is 7.93. The summed E-state index contributed by atoms with van der Waals surface area (Å²) in [6.45, 7) is 0. The minimum absolute atomic E-state index is 0.157. The van der Waals surface area contributed by atoms with Crippen LogP contribution in [0.1, 0.15) is 31.2 Å². The lowest BCUT2D eigenvalue weighted by molar-refractivity contribution is 0.0441. The number of pyridine rings is 1. The second-order valence-electron chi connectivity index (χ2n) is 5.95. The number of aromatic nitrogens is 4. The molecule has 0 spiro atoms. The van der Waals surface area contributed by atoms with Crippen LogP contribution in [-0.2, 0) is 5.60 Å². The Kier molecular flexibility index (Phi) is 3.25. The van der Waals surface area contributed by atoms with Gasteiger partial charge >= 0.3 is 0 Å². The van der Waals surface area contributed by atoms with Crippen molar-refractivity contribution < 1.29 is 5.11 Å². The van der Waals surface area contributed by atoms with Gasteiger partial charge in [-0.05, 0) is 18.9 Å². The van der Waals surface area contributed by atoms with E-state index in [9.17, 15) is 5.11 Å². The molecule has 3 heterocycles. The summed E-state index contributed by atoms with van der Waals surface area (Å²) in [5, 5.41) is 11.2. The number of fused-ring (bicyclic) bond motifs is 1. The molecule has 0 aliphatic heterocycles. The fraction of sp³-hybridized carbons (Fsp3) is 0.312. The predicted octanol–water partition coefficient (Wildman–Crippen LogP) is 2.79. The number of anilines is 1. The van der Waals surface area contributed by atoms with Crippen LogP contribution in [0, 0.1) is 0 Å². The van der Waals surface area contributed by atoms with E-state index in [1.807, 2.05) is 22.7 Å². The molecule has 3 N–H and O–H groups in total. The number of hydrogen-bond acceptors (Lipinski definition) is 5. The molecule has 1 aliphatic rings. The van der Waals surface area contributed by atoms with E-state index >= 15 is 0 Å². The van der Waals surface area contributed by atoms with Crippen LogP contribution in [0.15, 0.2) is 30.7 Å². The van der Waals surface area contributed by atoms with Crippen LogP contribution in [0.4, 0.5) is 5.95 Å². The highest BCUT2D eigenvalue weighted by molar-refractivity contribution is 6.32. The summed E-state index contributed by atoms with van der Waals surface area (Å²) in [5.41, 5.74) is 7.82. The molecule has 6 nitrogen and oxygen atoms in total. The van der Waals surface area contributed by atoms with Gasteiger partial charge in [0.25, 0.3) is 0 Å². The van der Waals surface area contributed by atoms with Gasteiger partial charge in [-0.1, -0.05) is 30.5 Å². The molecular formula is C16H16ClN5O. The van der Waals surface area contributed by atoms with E-state index in [4.69, 9.17) is 17.3 Å². The molecule has 7 heteroatoms. The van der Waals surface area contributed by atoms with Gasteiger partial charge in [-0.15, -0.1) is 0 Å². The van der Waals surface area contributed by atoms with E-state index in [0.29, 0.717) is 10.7 Å². The third-order valence-electron chi connectivity index (χ3n) is 4.48. The monoisotopic (exact) mass is 329 g/mol. The van der Waals surface area contributed by atoms with Crippen molar-refractivity contribution in [1.29, 1.82) is 0 Å². The Morgan fingerprint density at radius 1 is 1.17 bits per heavy atom. The van der Waals surface area contributed by atoms with Gasteiger partial charge in [-0.3, -0.25) is 4.40 Å². The van der Waals surface area contributed by atoms with Crippen LogP contribution < -0.4 is 5.73 Å². The molecule has 1 aliphatic carbocycles. The summed E-state index contributed by atoms with van der Waals surface area (Å²) in [4.78, 5) is 12.5. The maximum absolute atomic E-state index is 10.8. The number of nitrogen functional groups attached to an aromatic ring is 1. The van der Waals surface area contributed by atoms with Gasteiger partial charge in [0.05, 0.1) is 28.7 Å². The Labute approximate surface area is 138 Å². The van der Waals surface area contributed by atoms with E-state index in [-0.39, 0.29) is 5.95 Å². The van der Waals surface area contributed by atoms with Crippen molar-refractivity contribution >= 4 is 23.2 Å². The summed E-state index contributed by atoms with van der Waals surface area (Å²) in [6.07, 6.45) is 8.74. The second-order valence-corrected chi connectivity index (χ2v) is 6.36. The van der Waals surface area contributed by atoms with E-state index < -0.39 is 5.60 Å². The zero-order valence-electron chi connectivity index (χ0n) is 12.4. The normalized spacial score (nSPS) is 17.0.